The zero-order valence-corrected chi connectivity index (χ0v) is 13.4. The molecule has 4 heteroatoms. The van der Waals surface area contributed by atoms with Crippen molar-refractivity contribution in [3.8, 4) is 5.75 Å². The largest absolute Gasteiger partial charge is 0.488 e. The van der Waals surface area contributed by atoms with Crippen LogP contribution in [0, 0.1) is 0 Å². The van der Waals surface area contributed by atoms with Gasteiger partial charge in [-0.3, -0.25) is 4.79 Å². The normalized spacial score (nSPS) is 19.1. The van der Waals surface area contributed by atoms with Crippen molar-refractivity contribution in [3.63, 3.8) is 0 Å². The summed E-state index contributed by atoms with van der Waals surface area (Å²) >= 11 is 0. The Labute approximate surface area is 141 Å². The summed E-state index contributed by atoms with van der Waals surface area (Å²) in [5.41, 5.74) is 3.53. The first kappa shape index (κ1) is 15.0. The zero-order chi connectivity index (χ0) is 16.4. The molecule has 0 amide bonds. The summed E-state index contributed by atoms with van der Waals surface area (Å²) < 4.78 is 11.1. The summed E-state index contributed by atoms with van der Waals surface area (Å²) in [5.74, 6) is 0.719. The van der Waals surface area contributed by atoms with E-state index in [9.17, 15) is 4.79 Å². The topological polar surface area (TPSA) is 38.8 Å². The monoisotopic (exact) mass is 321 g/mol. The maximum Gasteiger partial charge on any atom is 0.196 e. The van der Waals surface area contributed by atoms with Gasteiger partial charge in [0.1, 0.15) is 12.4 Å². The fourth-order valence-electron chi connectivity index (χ4n) is 3.09. The predicted octanol–water partition coefficient (Wildman–Crippen LogP) is 3.18. The lowest BCUT2D eigenvalue weighted by Crippen LogP contribution is -2.36. The van der Waals surface area contributed by atoms with Gasteiger partial charge in [0, 0.05) is 24.4 Å². The Kier molecular flexibility index (Phi) is 4.05. The summed E-state index contributed by atoms with van der Waals surface area (Å²) in [6, 6.07) is 15.7. The molecule has 0 radical (unpaired) electrons. The lowest BCUT2D eigenvalue weighted by atomic mass is 9.98. The minimum Gasteiger partial charge on any atom is -0.488 e. The number of fused-ring (bicyclic) bond motifs is 1. The van der Waals surface area contributed by atoms with E-state index >= 15 is 0 Å². The minimum absolute atomic E-state index is 0.0501. The number of nitrogens with zero attached hydrogens (tertiary/aromatic N) is 1. The Morgan fingerprint density at radius 1 is 0.958 bits per heavy atom. The Balaban J connectivity index is 1.54. The second kappa shape index (κ2) is 6.49. The van der Waals surface area contributed by atoms with E-state index in [1.54, 1.807) is 0 Å². The van der Waals surface area contributed by atoms with Gasteiger partial charge in [0.2, 0.25) is 0 Å². The van der Waals surface area contributed by atoms with Crippen LogP contribution in [0.4, 0.5) is 5.69 Å². The van der Waals surface area contributed by atoms with Crippen LogP contribution < -0.4 is 9.64 Å². The van der Waals surface area contributed by atoms with Crippen molar-refractivity contribution >= 4 is 17.5 Å². The fraction of sp³-hybridized carbons (Fsp3) is 0.250. The Morgan fingerprint density at radius 3 is 2.50 bits per heavy atom. The molecular weight excluding hydrogens is 302 g/mol. The van der Waals surface area contributed by atoms with Crippen molar-refractivity contribution in [2.75, 3.05) is 37.8 Å². The molecular formula is C20H19NO3. The number of hydrogen-bond donors (Lipinski definition) is 0. The lowest BCUT2D eigenvalue weighted by Gasteiger charge is -2.28. The molecule has 0 aromatic heterocycles. The predicted molar refractivity (Wildman–Crippen MR) is 93.7 cm³/mol. The van der Waals surface area contributed by atoms with Gasteiger partial charge in [-0.05, 0) is 35.9 Å². The summed E-state index contributed by atoms with van der Waals surface area (Å²) in [7, 11) is 0. The summed E-state index contributed by atoms with van der Waals surface area (Å²) in [6.45, 7) is 3.71. The standard InChI is InChI=1S/C20H19NO3/c22-20-16(14-24-19-4-2-1-3-18(19)20)13-15-5-7-17(8-6-15)21-9-11-23-12-10-21/h1-8,13H,9-12,14H2/b16-13+. The third kappa shape index (κ3) is 2.93. The maximum absolute atomic E-state index is 12.6. The molecule has 24 heavy (non-hydrogen) atoms. The van der Waals surface area contributed by atoms with Crippen molar-refractivity contribution in [2.45, 2.75) is 0 Å². The quantitative estimate of drug-likeness (QED) is 0.796. The molecule has 0 unspecified atom stereocenters. The van der Waals surface area contributed by atoms with E-state index in [1.165, 1.54) is 5.69 Å². The third-order valence-corrected chi connectivity index (χ3v) is 4.42. The molecule has 1 fully saturated rings. The van der Waals surface area contributed by atoms with E-state index in [-0.39, 0.29) is 5.78 Å². The number of rotatable bonds is 2. The van der Waals surface area contributed by atoms with Gasteiger partial charge < -0.3 is 14.4 Å². The molecule has 0 bridgehead atoms. The van der Waals surface area contributed by atoms with Gasteiger partial charge in [0.15, 0.2) is 5.78 Å². The number of carbonyl (C=O) groups excluding carboxylic acids is 1. The highest BCUT2D eigenvalue weighted by atomic mass is 16.5. The van der Waals surface area contributed by atoms with Crippen molar-refractivity contribution in [1.29, 1.82) is 0 Å². The van der Waals surface area contributed by atoms with Crippen LogP contribution in [0.25, 0.3) is 6.08 Å². The van der Waals surface area contributed by atoms with Crippen LogP contribution >= 0.6 is 0 Å². The van der Waals surface area contributed by atoms with Crippen LogP contribution in [0.15, 0.2) is 54.1 Å². The molecule has 0 saturated carbocycles. The van der Waals surface area contributed by atoms with Gasteiger partial charge in [-0.1, -0.05) is 24.3 Å². The molecule has 2 aromatic carbocycles. The smallest absolute Gasteiger partial charge is 0.196 e. The summed E-state index contributed by atoms with van der Waals surface area (Å²) in [5, 5.41) is 0. The second-order valence-corrected chi connectivity index (χ2v) is 5.97. The summed E-state index contributed by atoms with van der Waals surface area (Å²) in [4.78, 5) is 14.9. The lowest BCUT2D eigenvalue weighted by molar-refractivity contribution is 0.100. The number of morpholine rings is 1. The first-order valence-corrected chi connectivity index (χ1v) is 8.21. The molecule has 2 aromatic rings. The minimum atomic E-state index is 0.0501. The average Bonchev–Trinajstić information content (AvgIpc) is 2.66. The van der Waals surface area contributed by atoms with Crippen molar-refractivity contribution in [2.24, 2.45) is 0 Å². The van der Waals surface area contributed by atoms with E-state index in [2.05, 4.69) is 17.0 Å². The number of hydrogen-bond acceptors (Lipinski definition) is 4. The first-order chi connectivity index (χ1) is 11.8. The van der Waals surface area contributed by atoms with Crippen molar-refractivity contribution in [1.82, 2.24) is 0 Å². The molecule has 1 saturated heterocycles. The van der Waals surface area contributed by atoms with Gasteiger partial charge in [-0.2, -0.15) is 0 Å². The van der Waals surface area contributed by atoms with Crippen molar-refractivity contribution < 1.29 is 14.3 Å². The maximum atomic E-state index is 12.6. The first-order valence-electron chi connectivity index (χ1n) is 8.21. The number of ether oxygens (including phenoxy) is 2. The van der Waals surface area contributed by atoms with Crippen LogP contribution in [-0.2, 0) is 4.74 Å². The van der Waals surface area contributed by atoms with Gasteiger partial charge in [-0.15, -0.1) is 0 Å². The Bertz CT molecular complexity index is 774. The van der Waals surface area contributed by atoms with E-state index in [0.717, 1.165) is 31.9 Å². The van der Waals surface area contributed by atoms with Crippen molar-refractivity contribution in [3.05, 3.63) is 65.2 Å². The van der Waals surface area contributed by atoms with E-state index in [0.29, 0.717) is 23.5 Å². The van der Waals surface area contributed by atoms with Crippen LogP contribution in [-0.4, -0.2) is 38.7 Å². The Hall–Kier alpha value is -2.59. The number of anilines is 1. The number of Topliss-reactive ketones (excluding diaryl/α,β-unsaturated/α-hetero) is 1. The fourth-order valence-corrected chi connectivity index (χ4v) is 3.09. The highest BCUT2D eigenvalue weighted by Gasteiger charge is 2.22. The molecule has 0 N–H and O–H groups in total. The van der Waals surface area contributed by atoms with E-state index in [4.69, 9.17) is 9.47 Å². The van der Waals surface area contributed by atoms with Crippen LogP contribution in [0.1, 0.15) is 15.9 Å². The Morgan fingerprint density at radius 2 is 1.71 bits per heavy atom. The molecule has 0 aliphatic carbocycles. The van der Waals surface area contributed by atoms with Gasteiger partial charge in [-0.25, -0.2) is 0 Å². The van der Waals surface area contributed by atoms with Gasteiger partial charge in [0.25, 0.3) is 0 Å². The van der Waals surface area contributed by atoms with Crippen LogP contribution in [0.2, 0.25) is 0 Å². The third-order valence-electron chi connectivity index (χ3n) is 4.42. The molecule has 2 aliphatic rings. The molecule has 2 heterocycles. The van der Waals surface area contributed by atoms with Gasteiger partial charge in [0.05, 0.1) is 18.8 Å². The molecule has 0 atom stereocenters. The molecule has 4 rings (SSSR count). The highest BCUT2D eigenvalue weighted by Crippen LogP contribution is 2.28. The number of ketones is 1. The molecule has 4 nitrogen and oxygen atoms in total. The number of para-hydroxylation sites is 1. The highest BCUT2D eigenvalue weighted by molar-refractivity contribution is 6.14. The molecule has 0 spiro atoms. The number of benzene rings is 2. The van der Waals surface area contributed by atoms with E-state index < -0.39 is 0 Å². The second-order valence-electron chi connectivity index (χ2n) is 5.97. The average molecular weight is 321 g/mol. The van der Waals surface area contributed by atoms with Gasteiger partial charge >= 0.3 is 0 Å². The zero-order valence-electron chi connectivity index (χ0n) is 13.4. The molecule has 2 aliphatic heterocycles. The van der Waals surface area contributed by atoms with E-state index in [1.807, 2.05) is 42.5 Å². The van der Waals surface area contributed by atoms with Crippen LogP contribution in [0.3, 0.4) is 0 Å². The SMILES string of the molecule is O=C1/C(=C/c2ccc(N3CCOCC3)cc2)COc2ccccc21. The number of carbonyl (C=O) groups is 1. The molecule has 122 valence electrons. The summed E-state index contributed by atoms with van der Waals surface area (Å²) in [6.07, 6.45) is 1.92. The van der Waals surface area contributed by atoms with Crippen LogP contribution in [0.5, 0.6) is 5.75 Å².